The van der Waals surface area contributed by atoms with Crippen molar-refractivity contribution in [3.8, 4) is 10.4 Å². The third-order valence-corrected chi connectivity index (χ3v) is 4.74. The average molecular weight is 355 g/mol. The molecule has 0 aliphatic heterocycles. The number of hydrogen-bond acceptors (Lipinski definition) is 6. The van der Waals surface area contributed by atoms with Gasteiger partial charge in [0.15, 0.2) is 11.5 Å². The number of aromatic nitrogens is 2. The Morgan fingerprint density at radius 2 is 2.12 bits per heavy atom. The van der Waals surface area contributed by atoms with Gasteiger partial charge in [0.05, 0.1) is 16.7 Å². The Morgan fingerprint density at radius 3 is 2.84 bits per heavy atom. The summed E-state index contributed by atoms with van der Waals surface area (Å²) in [6.07, 6.45) is 3.00. The Balaban J connectivity index is 1.90. The molecule has 0 radical (unpaired) electrons. The zero-order chi connectivity index (χ0) is 17.4. The van der Waals surface area contributed by atoms with E-state index in [4.69, 9.17) is 4.42 Å². The van der Waals surface area contributed by atoms with E-state index in [9.17, 15) is 14.3 Å². The van der Waals surface area contributed by atoms with E-state index >= 15 is 0 Å². The lowest BCUT2D eigenvalue weighted by Crippen LogP contribution is -2.04. The minimum atomic E-state index is -1.17. The highest BCUT2D eigenvalue weighted by Crippen LogP contribution is 2.38. The first-order valence-electron chi connectivity index (χ1n) is 7.20. The van der Waals surface area contributed by atoms with E-state index < -0.39 is 5.97 Å². The molecule has 0 aliphatic rings. The monoisotopic (exact) mass is 355 g/mol. The molecule has 0 fully saturated rings. The molecule has 0 spiro atoms. The van der Waals surface area contributed by atoms with Crippen LogP contribution in [0.2, 0.25) is 0 Å². The topological polar surface area (TPSA) is 88.2 Å². The van der Waals surface area contributed by atoms with E-state index in [-0.39, 0.29) is 11.5 Å². The molecular formula is C17H10FN3O3S. The first-order valence-corrected chi connectivity index (χ1v) is 8.02. The Kier molecular flexibility index (Phi) is 3.66. The predicted octanol–water partition coefficient (Wildman–Crippen LogP) is 4.53. The van der Waals surface area contributed by atoms with Crippen molar-refractivity contribution >= 4 is 38.9 Å². The number of carboxylic acid groups (broad SMARTS) is 1. The van der Waals surface area contributed by atoms with Crippen molar-refractivity contribution in [2.45, 2.75) is 0 Å². The van der Waals surface area contributed by atoms with Crippen molar-refractivity contribution < 1.29 is 18.7 Å². The van der Waals surface area contributed by atoms with Crippen molar-refractivity contribution in [2.75, 3.05) is 5.32 Å². The number of nitrogens with one attached hydrogen (secondary N) is 1. The summed E-state index contributed by atoms with van der Waals surface area (Å²) in [5.41, 5.74) is 1.18. The second kappa shape index (κ2) is 5.99. The second-order valence-corrected chi connectivity index (χ2v) is 6.26. The molecule has 0 saturated heterocycles. The van der Waals surface area contributed by atoms with Crippen LogP contribution in [0.1, 0.15) is 10.5 Å². The minimum absolute atomic E-state index is 0.139. The molecule has 3 aromatic heterocycles. The molecule has 0 saturated carbocycles. The Morgan fingerprint density at radius 1 is 1.24 bits per heavy atom. The smallest absolute Gasteiger partial charge is 0.357 e. The van der Waals surface area contributed by atoms with Crippen LogP contribution < -0.4 is 5.32 Å². The molecular weight excluding hydrogens is 345 g/mol. The van der Waals surface area contributed by atoms with Crippen molar-refractivity contribution in [1.29, 1.82) is 0 Å². The van der Waals surface area contributed by atoms with Gasteiger partial charge in [-0.1, -0.05) is 12.1 Å². The SMILES string of the molecule is O=C(O)c1nnc(Nc2ccoc2)c2cc(-c3cccc(F)c3)sc12. The Hall–Kier alpha value is -3.26. The number of furan rings is 1. The molecule has 3 heterocycles. The standard InChI is InChI=1S/C17H10FN3O3S/c18-10-3-1-2-9(6-10)13-7-12-15(25-13)14(17(22)23)20-21-16(12)19-11-4-5-24-8-11/h1-8H,(H,19,21)(H,22,23). The molecule has 0 bridgehead atoms. The predicted molar refractivity (Wildman–Crippen MR) is 91.8 cm³/mol. The summed E-state index contributed by atoms with van der Waals surface area (Å²) in [7, 11) is 0. The number of benzene rings is 1. The van der Waals surface area contributed by atoms with Gasteiger partial charge in [-0.25, -0.2) is 9.18 Å². The maximum Gasteiger partial charge on any atom is 0.357 e. The van der Waals surface area contributed by atoms with E-state index in [1.165, 1.54) is 36.0 Å². The van der Waals surface area contributed by atoms with E-state index in [2.05, 4.69) is 15.5 Å². The Bertz CT molecular complexity index is 1080. The van der Waals surface area contributed by atoms with Crippen LogP contribution in [0.25, 0.3) is 20.5 Å². The van der Waals surface area contributed by atoms with Crippen LogP contribution in [0.5, 0.6) is 0 Å². The van der Waals surface area contributed by atoms with Crippen LogP contribution in [-0.4, -0.2) is 21.3 Å². The van der Waals surface area contributed by atoms with E-state index in [0.29, 0.717) is 27.2 Å². The molecule has 25 heavy (non-hydrogen) atoms. The van der Waals surface area contributed by atoms with Crippen LogP contribution in [0.4, 0.5) is 15.9 Å². The number of carbonyl (C=O) groups is 1. The van der Waals surface area contributed by atoms with Gasteiger partial charge in [0.1, 0.15) is 12.1 Å². The summed E-state index contributed by atoms with van der Waals surface area (Å²) in [6.45, 7) is 0. The van der Waals surface area contributed by atoms with Crippen molar-refractivity contribution in [1.82, 2.24) is 10.2 Å². The molecule has 8 heteroatoms. The molecule has 2 N–H and O–H groups in total. The van der Waals surface area contributed by atoms with E-state index in [1.807, 2.05) is 0 Å². The van der Waals surface area contributed by atoms with Crippen molar-refractivity contribution in [3.05, 3.63) is 60.4 Å². The number of carboxylic acids is 1. The van der Waals surface area contributed by atoms with Gasteiger partial charge in [-0.2, -0.15) is 0 Å². The molecule has 0 aliphatic carbocycles. The van der Waals surface area contributed by atoms with E-state index in [1.54, 1.807) is 24.3 Å². The van der Waals surface area contributed by atoms with Crippen LogP contribution in [0.3, 0.4) is 0 Å². The summed E-state index contributed by atoms with van der Waals surface area (Å²) in [5.74, 6) is -1.12. The maximum atomic E-state index is 13.5. The lowest BCUT2D eigenvalue weighted by Gasteiger charge is -2.04. The number of aromatic carboxylic acids is 1. The third-order valence-electron chi connectivity index (χ3n) is 3.55. The molecule has 0 unspecified atom stereocenters. The highest BCUT2D eigenvalue weighted by molar-refractivity contribution is 7.22. The fourth-order valence-corrected chi connectivity index (χ4v) is 3.56. The number of fused-ring (bicyclic) bond motifs is 1. The van der Waals surface area contributed by atoms with Crippen LogP contribution in [-0.2, 0) is 0 Å². The second-order valence-electron chi connectivity index (χ2n) is 5.20. The zero-order valence-corrected chi connectivity index (χ0v) is 13.4. The number of nitrogens with zero attached hydrogens (tertiary/aromatic N) is 2. The van der Waals surface area contributed by atoms with Gasteiger partial charge in [-0.15, -0.1) is 21.5 Å². The van der Waals surface area contributed by atoms with Crippen molar-refractivity contribution in [2.24, 2.45) is 0 Å². The van der Waals surface area contributed by atoms with Crippen LogP contribution in [0.15, 0.2) is 53.3 Å². The summed E-state index contributed by atoms with van der Waals surface area (Å²) in [6, 6.07) is 9.60. The summed E-state index contributed by atoms with van der Waals surface area (Å²) < 4.78 is 19.0. The lowest BCUT2D eigenvalue weighted by molar-refractivity contribution is 0.0692. The molecule has 1 aromatic carbocycles. The third kappa shape index (κ3) is 2.83. The van der Waals surface area contributed by atoms with Gasteiger partial charge < -0.3 is 14.8 Å². The number of rotatable bonds is 4. The molecule has 6 nitrogen and oxygen atoms in total. The highest BCUT2D eigenvalue weighted by atomic mass is 32.1. The fourth-order valence-electron chi connectivity index (χ4n) is 2.43. The number of anilines is 2. The van der Waals surface area contributed by atoms with Crippen LogP contribution >= 0.6 is 11.3 Å². The molecule has 0 amide bonds. The summed E-state index contributed by atoms with van der Waals surface area (Å²) in [5, 5.41) is 20.8. The van der Waals surface area contributed by atoms with Gasteiger partial charge in [0, 0.05) is 10.3 Å². The van der Waals surface area contributed by atoms with E-state index in [0.717, 1.165) is 4.88 Å². The molecule has 4 aromatic rings. The van der Waals surface area contributed by atoms with Gasteiger partial charge in [0.2, 0.25) is 0 Å². The van der Waals surface area contributed by atoms with Gasteiger partial charge >= 0.3 is 5.97 Å². The van der Waals surface area contributed by atoms with Gasteiger partial charge in [0.25, 0.3) is 0 Å². The average Bonchev–Trinajstić information content (AvgIpc) is 3.24. The van der Waals surface area contributed by atoms with Gasteiger partial charge in [-0.05, 0) is 29.8 Å². The lowest BCUT2D eigenvalue weighted by atomic mass is 10.1. The fraction of sp³-hybridized carbons (Fsp3) is 0. The largest absolute Gasteiger partial charge is 0.476 e. The number of thiophene rings is 1. The molecule has 124 valence electrons. The molecule has 4 rings (SSSR count). The first kappa shape index (κ1) is 15.3. The first-order chi connectivity index (χ1) is 12.1. The highest BCUT2D eigenvalue weighted by Gasteiger charge is 2.19. The quantitative estimate of drug-likeness (QED) is 0.559. The Labute approximate surface area is 144 Å². The minimum Gasteiger partial charge on any atom is -0.476 e. The molecule has 0 atom stereocenters. The summed E-state index contributed by atoms with van der Waals surface area (Å²) >= 11 is 1.23. The van der Waals surface area contributed by atoms with Crippen LogP contribution in [0, 0.1) is 5.82 Å². The summed E-state index contributed by atoms with van der Waals surface area (Å²) in [4.78, 5) is 12.2. The number of halogens is 1. The number of hydrogen-bond donors (Lipinski definition) is 2. The zero-order valence-electron chi connectivity index (χ0n) is 12.6. The van der Waals surface area contributed by atoms with Gasteiger partial charge in [-0.3, -0.25) is 0 Å². The maximum absolute atomic E-state index is 13.5. The normalized spacial score (nSPS) is 10.9. The van der Waals surface area contributed by atoms with Crippen molar-refractivity contribution in [3.63, 3.8) is 0 Å².